The van der Waals surface area contributed by atoms with Gasteiger partial charge in [-0.15, -0.1) is 0 Å². The zero-order valence-corrected chi connectivity index (χ0v) is 14.9. The molecule has 130 valence electrons. The Hall–Kier alpha value is -1.39. The maximum absolute atomic E-state index is 12.2. The van der Waals surface area contributed by atoms with E-state index < -0.39 is 11.5 Å². The Bertz CT molecular complexity index is 513. The van der Waals surface area contributed by atoms with Gasteiger partial charge in [0.05, 0.1) is 24.7 Å². The van der Waals surface area contributed by atoms with Crippen molar-refractivity contribution in [3.05, 3.63) is 34.9 Å². The molecule has 0 fully saturated rings. The number of aliphatic hydroxyl groups excluding tert-OH is 2. The van der Waals surface area contributed by atoms with E-state index >= 15 is 0 Å². The fraction of sp³-hybridized carbons (Fsp3) is 0.632. The number of hydrogen-bond acceptors (Lipinski definition) is 4. The van der Waals surface area contributed by atoms with Crippen LogP contribution >= 0.6 is 0 Å². The fourth-order valence-corrected chi connectivity index (χ4v) is 2.98. The molecule has 23 heavy (non-hydrogen) atoms. The molecule has 1 aliphatic rings. The summed E-state index contributed by atoms with van der Waals surface area (Å²) in [6, 6.07) is 0. The van der Waals surface area contributed by atoms with Crippen LogP contribution in [0.4, 0.5) is 0 Å². The van der Waals surface area contributed by atoms with Gasteiger partial charge < -0.3 is 14.9 Å². The van der Waals surface area contributed by atoms with Crippen LogP contribution in [-0.4, -0.2) is 35.5 Å². The molecule has 0 radical (unpaired) electrons. The topological polar surface area (TPSA) is 66.8 Å². The number of methoxy groups -OCH3 is 1. The highest BCUT2D eigenvalue weighted by Crippen LogP contribution is 2.42. The van der Waals surface area contributed by atoms with Gasteiger partial charge in [-0.1, -0.05) is 23.8 Å². The van der Waals surface area contributed by atoms with E-state index in [-0.39, 0.29) is 12.1 Å². The van der Waals surface area contributed by atoms with Crippen molar-refractivity contribution in [1.29, 1.82) is 0 Å². The Morgan fingerprint density at radius 1 is 1.52 bits per heavy atom. The van der Waals surface area contributed by atoms with Crippen molar-refractivity contribution in [2.24, 2.45) is 5.41 Å². The number of rotatable bonds is 6. The molecule has 3 atom stereocenters. The van der Waals surface area contributed by atoms with E-state index in [4.69, 9.17) is 4.74 Å². The van der Waals surface area contributed by atoms with Gasteiger partial charge in [0.2, 0.25) is 0 Å². The number of ether oxygens (including phenoxy) is 1. The van der Waals surface area contributed by atoms with Crippen LogP contribution in [0.15, 0.2) is 34.9 Å². The smallest absolute Gasteiger partial charge is 0.315 e. The van der Waals surface area contributed by atoms with Crippen LogP contribution in [0, 0.1) is 5.41 Å². The van der Waals surface area contributed by atoms with Crippen molar-refractivity contribution in [3.63, 3.8) is 0 Å². The molecule has 0 heterocycles. The van der Waals surface area contributed by atoms with Gasteiger partial charge in [0.1, 0.15) is 0 Å². The molecule has 4 heteroatoms. The second-order valence-corrected chi connectivity index (χ2v) is 6.68. The summed E-state index contributed by atoms with van der Waals surface area (Å²) in [5.74, 6) is -0.265. The molecule has 2 N–H and O–H groups in total. The number of esters is 1. The molecule has 0 bridgehead atoms. The van der Waals surface area contributed by atoms with Gasteiger partial charge >= 0.3 is 5.97 Å². The first-order valence-corrected chi connectivity index (χ1v) is 8.23. The number of carbonyl (C=O) groups is 1. The molecule has 0 saturated heterocycles. The van der Waals surface area contributed by atoms with Gasteiger partial charge in [0, 0.05) is 0 Å². The summed E-state index contributed by atoms with van der Waals surface area (Å²) in [6.07, 6.45) is 7.81. The maximum atomic E-state index is 12.2. The second-order valence-electron chi connectivity index (χ2n) is 6.68. The average Bonchev–Trinajstić information content (AvgIpc) is 2.50. The first kappa shape index (κ1) is 19.7. The van der Waals surface area contributed by atoms with Crippen LogP contribution < -0.4 is 0 Å². The van der Waals surface area contributed by atoms with Crippen molar-refractivity contribution in [2.45, 2.75) is 65.6 Å². The van der Waals surface area contributed by atoms with Crippen LogP contribution in [0.2, 0.25) is 0 Å². The third-order valence-electron chi connectivity index (χ3n) is 4.64. The van der Waals surface area contributed by atoms with Crippen molar-refractivity contribution in [1.82, 2.24) is 0 Å². The highest BCUT2D eigenvalue weighted by atomic mass is 16.5. The lowest BCUT2D eigenvalue weighted by atomic mass is 9.70. The average molecular weight is 322 g/mol. The maximum Gasteiger partial charge on any atom is 0.315 e. The molecule has 0 aromatic heterocycles. The first-order chi connectivity index (χ1) is 10.7. The molecule has 0 aromatic carbocycles. The molecule has 0 saturated carbocycles. The van der Waals surface area contributed by atoms with E-state index in [2.05, 4.69) is 6.08 Å². The summed E-state index contributed by atoms with van der Waals surface area (Å²) in [5.41, 5.74) is 2.02. The highest BCUT2D eigenvalue weighted by Gasteiger charge is 2.42. The summed E-state index contributed by atoms with van der Waals surface area (Å²) in [6.45, 7) is 7.51. The van der Waals surface area contributed by atoms with Crippen molar-refractivity contribution in [2.75, 3.05) is 7.11 Å². The second kappa shape index (κ2) is 8.46. The third-order valence-corrected chi connectivity index (χ3v) is 4.64. The summed E-state index contributed by atoms with van der Waals surface area (Å²) >= 11 is 0. The third kappa shape index (κ3) is 5.05. The largest absolute Gasteiger partial charge is 0.468 e. The summed E-state index contributed by atoms with van der Waals surface area (Å²) in [7, 11) is 1.40. The number of carbonyl (C=O) groups excluding carboxylic acids is 1. The normalized spacial score (nSPS) is 27.4. The molecule has 0 aliphatic heterocycles. The Kier molecular flexibility index (Phi) is 7.23. The van der Waals surface area contributed by atoms with E-state index in [1.807, 2.05) is 32.9 Å². The lowest BCUT2D eigenvalue weighted by Gasteiger charge is -2.36. The minimum absolute atomic E-state index is 0.265. The van der Waals surface area contributed by atoms with E-state index in [0.717, 1.165) is 29.6 Å². The summed E-state index contributed by atoms with van der Waals surface area (Å²) in [4.78, 5) is 12.2. The number of hydrogen-bond donors (Lipinski definition) is 2. The Morgan fingerprint density at radius 3 is 2.74 bits per heavy atom. The summed E-state index contributed by atoms with van der Waals surface area (Å²) < 4.78 is 4.97. The molecule has 1 aliphatic carbocycles. The number of aliphatic hydroxyl groups is 2. The molecule has 1 unspecified atom stereocenters. The lowest BCUT2D eigenvalue weighted by molar-refractivity contribution is -0.150. The molecular formula is C19H30O4. The highest BCUT2D eigenvalue weighted by molar-refractivity contribution is 5.81. The van der Waals surface area contributed by atoms with Gasteiger partial charge in [-0.05, 0) is 64.5 Å². The van der Waals surface area contributed by atoms with Crippen LogP contribution in [0.1, 0.15) is 53.4 Å². The minimum atomic E-state index is -0.714. The van der Waals surface area contributed by atoms with Crippen LogP contribution in [0.3, 0.4) is 0 Å². The van der Waals surface area contributed by atoms with Crippen molar-refractivity contribution >= 4 is 5.97 Å². The Morgan fingerprint density at radius 2 is 2.17 bits per heavy atom. The van der Waals surface area contributed by atoms with Crippen LogP contribution in [0.5, 0.6) is 0 Å². The predicted molar refractivity (Wildman–Crippen MR) is 91.9 cm³/mol. The van der Waals surface area contributed by atoms with Crippen LogP contribution in [0.25, 0.3) is 0 Å². The zero-order chi connectivity index (χ0) is 17.6. The fourth-order valence-electron chi connectivity index (χ4n) is 2.98. The SMILES string of the molecule is COC(=O)[C@@]1(C)CCC(O)C(C)=C1/C=C/C(C)=C\CC[C@@H](C)O. The lowest BCUT2D eigenvalue weighted by Crippen LogP contribution is -2.37. The summed E-state index contributed by atoms with van der Waals surface area (Å²) in [5, 5.41) is 19.4. The first-order valence-electron chi connectivity index (χ1n) is 8.23. The standard InChI is InChI=1S/C19H30O4/c1-13(7-6-8-14(2)20)9-10-16-15(3)17(21)11-12-19(16,4)18(22)23-5/h7,9-10,14,17,20-21H,6,8,11-12H2,1-5H3/b10-9+,13-7-/t14-,17?,19+/m1/s1. The molecule has 0 amide bonds. The van der Waals surface area contributed by atoms with E-state index in [1.54, 1.807) is 6.92 Å². The van der Waals surface area contributed by atoms with Gasteiger partial charge in [0.15, 0.2) is 0 Å². The van der Waals surface area contributed by atoms with E-state index in [0.29, 0.717) is 12.8 Å². The Balaban J connectivity index is 3.02. The molecule has 0 spiro atoms. The molecular weight excluding hydrogens is 292 g/mol. The zero-order valence-electron chi connectivity index (χ0n) is 14.9. The monoisotopic (exact) mass is 322 g/mol. The van der Waals surface area contributed by atoms with Crippen molar-refractivity contribution in [3.8, 4) is 0 Å². The molecule has 0 aromatic rings. The molecule has 4 nitrogen and oxygen atoms in total. The molecule has 1 rings (SSSR count). The van der Waals surface area contributed by atoms with Gasteiger partial charge in [0.25, 0.3) is 0 Å². The Labute approximate surface area is 139 Å². The van der Waals surface area contributed by atoms with E-state index in [1.165, 1.54) is 7.11 Å². The van der Waals surface area contributed by atoms with E-state index in [9.17, 15) is 15.0 Å². The van der Waals surface area contributed by atoms with Gasteiger partial charge in [-0.3, -0.25) is 4.79 Å². The van der Waals surface area contributed by atoms with Gasteiger partial charge in [-0.25, -0.2) is 0 Å². The minimum Gasteiger partial charge on any atom is -0.468 e. The van der Waals surface area contributed by atoms with Crippen LogP contribution in [-0.2, 0) is 9.53 Å². The quantitative estimate of drug-likeness (QED) is 0.581. The number of allylic oxidation sites excluding steroid dienone is 4. The predicted octanol–water partition coefficient (Wildman–Crippen LogP) is 3.30. The van der Waals surface area contributed by atoms with Crippen molar-refractivity contribution < 1.29 is 19.7 Å². The van der Waals surface area contributed by atoms with Gasteiger partial charge in [-0.2, -0.15) is 0 Å².